The number of hydrogen-bond donors (Lipinski definition) is 2. The first-order valence-corrected chi connectivity index (χ1v) is 3.12. The van der Waals surface area contributed by atoms with Crippen LogP contribution in [0.2, 0.25) is 0 Å². The smallest absolute Gasteiger partial charge is 0.358 e. The maximum Gasteiger partial charge on any atom is 0.358 e. The molecule has 1 atom stereocenters. The molecule has 0 saturated carbocycles. The van der Waals surface area contributed by atoms with Crippen LogP contribution in [-0.4, -0.2) is 40.6 Å². The first-order chi connectivity index (χ1) is 6.02. The number of hydrogen-bond acceptors (Lipinski definition) is 8. The molecule has 2 N–H and O–H groups in total. The van der Waals surface area contributed by atoms with Crippen LogP contribution in [0.25, 0.3) is 0 Å². The van der Waals surface area contributed by atoms with Gasteiger partial charge in [-0.15, -0.1) is 0 Å². The maximum atomic E-state index is 10.6. The zero-order valence-electron chi connectivity index (χ0n) is 6.67. The third kappa shape index (κ3) is 3.80. The SMILES string of the molecule is CN([O-])C(CC(=O)OO)C(=O)OO. The summed E-state index contributed by atoms with van der Waals surface area (Å²) in [5.41, 5.74) is 0. The molecule has 0 radical (unpaired) electrons. The number of likely N-dealkylation sites (N-methyl/N-ethyl adjacent to an activating group) is 1. The van der Waals surface area contributed by atoms with Gasteiger partial charge in [-0.3, -0.25) is 4.89 Å². The van der Waals surface area contributed by atoms with E-state index in [1.807, 2.05) is 0 Å². The van der Waals surface area contributed by atoms with Gasteiger partial charge in [-0.1, -0.05) is 0 Å². The van der Waals surface area contributed by atoms with Crippen LogP contribution in [0.1, 0.15) is 6.42 Å². The second kappa shape index (κ2) is 5.43. The highest BCUT2D eigenvalue weighted by atomic mass is 17.1. The predicted molar refractivity (Wildman–Crippen MR) is 37.0 cm³/mol. The Hall–Kier alpha value is -1.22. The molecule has 0 aromatic heterocycles. The molecule has 0 fully saturated rings. The Morgan fingerprint density at radius 2 is 2.00 bits per heavy atom. The summed E-state index contributed by atoms with van der Waals surface area (Å²) in [6.07, 6.45) is -0.712. The van der Waals surface area contributed by atoms with Gasteiger partial charge in [0.1, 0.15) is 6.04 Å². The predicted octanol–water partition coefficient (Wildman–Crippen LogP) is -0.793. The van der Waals surface area contributed by atoms with Gasteiger partial charge < -0.3 is 15.2 Å². The summed E-state index contributed by atoms with van der Waals surface area (Å²) in [7, 11) is 0.951. The van der Waals surface area contributed by atoms with Crippen molar-refractivity contribution >= 4 is 11.9 Å². The van der Waals surface area contributed by atoms with E-state index in [9.17, 15) is 14.8 Å². The molecule has 0 amide bonds. The van der Waals surface area contributed by atoms with Gasteiger partial charge in [-0.25, -0.2) is 9.59 Å². The molecule has 0 aliphatic rings. The van der Waals surface area contributed by atoms with Crippen LogP contribution in [0.5, 0.6) is 0 Å². The van der Waals surface area contributed by atoms with Gasteiger partial charge in [0.2, 0.25) is 0 Å². The van der Waals surface area contributed by atoms with Gasteiger partial charge in [-0.05, 0) is 7.05 Å². The largest absolute Gasteiger partial charge is 0.785 e. The van der Waals surface area contributed by atoms with E-state index in [-0.39, 0.29) is 5.06 Å². The van der Waals surface area contributed by atoms with E-state index in [0.717, 1.165) is 7.05 Å². The van der Waals surface area contributed by atoms with E-state index in [1.165, 1.54) is 0 Å². The second-order valence-electron chi connectivity index (χ2n) is 2.14. The Morgan fingerprint density at radius 3 is 2.31 bits per heavy atom. The van der Waals surface area contributed by atoms with Crippen LogP contribution < -0.4 is 0 Å². The van der Waals surface area contributed by atoms with Crippen molar-refractivity contribution < 1.29 is 29.9 Å². The molecule has 0 aromatic carbocycles. The van der Waals surface area contributed by atoms with Gasteiger partial charge in [0, 0.05) is 0 Å². The van der Waals surface area contributed by atoms with Crippen LogP contribution >= 0.6 is 0 Å². The lowest BCUT2D eigenvalue weighted by atomic mass is 10.2. The Balaban J connectivity index is 4.26. The normalized spacial score (nSPS) is 12.4. The van der Waals surface area contributed by atoms with Gasteiger partial charge in [0.15, 0.2) is 0 Å². The molecule has 0 rings (SSSR count). The minimum absolute atomic E-state index is 0.0927. The fourth-order valence-corrected chi connectivity index (χ4v) is 0.616. The Labute approximate surface area is 72.7 Å². The highest BCUT2D eigenvalue weighted by Gasteiger charge is 2.24. The number of hydroxylamine groups is 2. The van der Waals surface area contributed by atoms with Gasteiger partial charge >= 0.3 is 11.9 Å². The fraction of sp³-hybridized carbons (Fsp3) is 0.600. The van der Waals surface area contributed by atoms with Gasteiger partial charge in [-0.2, -0.15) is 10.5 Å². The number of rotatable bonds is 4. The molecule has 13 heavy (non-hydrogen) atoms. The second-order valence-corrected chi connectivity index (χ2v) is 2.14. The molecule has 1 unspecified atom stereocenters. The van der Waals surface area contributed by atoms with E-state index in [2.05, 4.69) is 9.78 Å². The van der Waals surface area contributed by atoms with Crippen molar-refractivity contribution in [3.63, 3.8) is 0 Å². The van der Waals surface area contributed by atoms with E-state index in [1.54, 1.807) is 0 Å². The summed E-state index contributed by atoms with van der Waals surface area (Å²) >= 11 is 0. The van der Waals surface area contributed by atoms with Crippen molar-refractivity contribution in [2.45, 2.75) is 12.5 Å². The number of carbonyl (C=O) groups excluding carboxylic acids is 2. The summed E-state index contributed by atoms with van der Waals surface area (Å²) < 4.78 is 0. The Morgan fingerprint density at radius 1 is 1.46 bits per heavy atom. The molecular formula is C5H8NO7-. The standard InChI is InChI=1S/C5H8NO7/c1-6(9)3(5(8)13-11)2-4(7)12-10/h3,10-11H,2H2,1H3/q-1. The first-order valence-electron chi connectivity index (χ1n) is 3.12. The van der Waals surface area contributed by atoms with Crippen LogP contribution in [0.15, 0.2) is 0 Å². The summed E-state index contributed by atoms with van der Waals surface area (Å²) in [6, 6.07) is -1.54. The van der Waals surface area contributed by atoms with Crippen molar-refractivity contribution in [2.75, 3.05) is 7.05 Å². The average Bonchev–Trinajstić information content (AvgIpc) is 2.11. The molecule has 0 saturated heterocycles. The fourth-order valence-electron chi connectivity index (χ4n) is 0.616. The lowest BCUT2D eigenvalue weighted by Crippen LogP contribution is -2.37. The van der Waals surface area contributed by atoms with Crippen molar-refractivity contribution in [1.82, 2.24) is 5.06 Å². The van der Waals surface area contributed by atoms with Crippen molar-refractivity contribution in [1.29, 1.82) is 0 Å². The Bertz CT molecular complexity index is 191. The molecule has 0 heterocycles. The maximum absolute atomic E-state index is 10.6. The van der Waals surface area contributed by atoms with E-state index < -0.39 is 24.4 Å². The topological polar surface area (TPSA) is 119 Å². The summed E-state index contributed by atoms with van der Waals surface area (Å²) in [6.45, 7) is 0. The lowest BCUT2D eigenvalue weighted by Gasteiger charge is -2.28. The lowest BCUT2D eigenvalue weighted by molar-refractivity contribution is -0.245. The molecule has 76 valence electrons. The first kappa shape index (κ1) is 11.8. The monoisotopic (exact) mass is 194 g/mol. The molecule has 0 spiro atoms. The van der Waals surface area contributed by atoms with Crippen LogP contribution in [0.3, 0.4) is 0 Å². The van der Waals surface area contributed by atoms with Crippen LogP contribution in [0, 0.1) is 5.21 Å². The quantitative estimate of drug-likeness (QED) is 0.441. The summed E-state index contributed by atoms with van der Waals surface area (Å²) in [5, 5.41) is 26.4. The third-order valence-corrected chi connectivity index (χ3v) is 1.26. The molecule has 0 aliphatic heterocycles. The van der Waals surface area contributed by atoms with Crippen LogP contribution in [0.4, 0.5) is 0 Å². The van der Waals surface area contributed by atoms with Gasteiger partial charge in [0.05, 0.1) is 6.42 Å². The van der Waals surface area contributed by atoms with E-state index in [4.69, 9.17) is 10.5 Å². The van der Waals surface area contributed by atoms with E-state index in [0.29, 0.717) is 0 Å². The molecule has 8 nitrogen and oxygen atoms in total. The number of carbonyl (C=O) groups is 2. The Kier molecular flexibility index (Phi) is 4.92. The highest BCUT2D eigenvalue weighted by Crippen LogP contribution is 2.03. The molecule has 8 heteroatoms. The van der Waals surface area contributed by atoms with Gasteiger partial charge in [0.25, 0.3) is 0 Å². The third-order valence-electron chi connectivity index (χ3n) is 1.26. The van der Waals surface area contributed by atoms with E-state index >= 15 is 0 Å². The average molecular weight is 194 g/mol. The summed E-state index contributed by atoms with van der Waals surface area (Å²) in [5.74, 6) is -2.49. The molecular weight excluding hydrogens is 186 g/mol. The highest BCUT2D eigenvalue weighted by molar-refractivity contribution is 5.82. The van der Waals surface area contributed by atoms with Crippen LogP contribution in [-0.2, 0) is 19.4 Å². The van der Waals surface area contributed by atoms with Crippen molar-refractivity contribution in [2.24, 2.45) is 0 Å². The zero-order chi connectivity index (χ0) is 10.4. The van der Waals surface area contributed by atoms with Crippen molar-refractivity contribution in [3.8, 4) is 0 Å². The molecule has 0 aromatic rings. The minimum atomic E-state index is -1.54. The van der Waals surface area contributed by atoms with Crippen molar-refractivity contribution in [3.05, 3.63) is 5.21 Å². The minimum Gasteiger partial charge on any atom is -0.785 e. The number of nitrogens with zero attached hydrogens (tertiary/aromatic N) is 1. The molecule has 0 aliphatic carbocycles. The zero-order valence-corrected chi connectivity index (χ0v) is 6.67. The molecule has 0 bridgehead atoms. The summed E-state index contributed by atoms with van der Waals surface area (Å²) in [4.78, 5) is 27.5.